The third-order valence-corrected chi connectivity index (χ3v) is 1.29. The van der Waals surface area contributed by atoms with E-state index in [0.717, 1.165) is 11.5 Å². The standard InChI is InChI=1S/C8H11N3/c1-3-10-7-5-4-6-11-8(7)9-2/h3-6H,1-2H3,(H,9,11). The summed E-state index contributed by atoms with van der Waals surface area (Å²) in [7, 11) is 1.83. The van der Waals surface area contributed by atoms with Crippen molar-refractivity contribution in [3.05, 3.63) is 18.3 Å². The lowest BCUT2D eigenvalue weighted by Gasteiger charge is -2.00. The van der Waals surface area contributed by atoms with Crippen molar-refractivity contribution in [1.82, 2.24) is 4.98 Å². The van der Waals surface area contributed by atoms with E-state index in [9.17, 15) is 0 Å². The van der Waals surface area contributed by atoms with Gasteiger partial charge in [-0.15, -0.1) is 0 Å². The van der Waals surface area contributed by atoms with Gasteiger partial charge >= 0.3 is 0 Å². The lowest BCUT2D eigenvalue weighted by molar-refractivity contribution is 1.27. The maximum atomic E-state index is 4.13. The van der Waals surface area contributed by atoms with Crippen LogP contribution in [0.15, 0.2) is 23.3 Å². The number of hydrogen-bond acceptors (Lipinski definition) is 3. The number of nitrogens with one attached hydrogen (secondary N) is 1. The minimum absolute atomic E-state index is 0.811. The molecule has 1 N–H and O–H groups in total. The van der Waals surface area contributed by atoms with Gasteiger partial charge in [-0.1, -0.05) is 0 Å². The molecule has 0 aliphatic heterocycles. The van der Waals surface area contributed by atoms with Crippen molar-refractivity contribution in [2.75, 3.05) is 12.4 Å². The molecule has 0 spiro atoms. The number of aliphatic imine (C=N–C) groups is 1. The molecule has 0 atom stereocenters. The van der Waals surface area contributed by atoms with Crippen molar-refractivity contribution in [2.45, 2.75) is 6.92 Å². The fraction of sp³-hybridized carbons (Fsp3) is 0.250. The largest absolute Gasteiger partial charge is 0.371 e. The predicted octanol–water partition coefficient (Wildman–Crippen LogP) is 1.85. The predicted molar refractivity (Wildman–Crippen MR) is 47.6 cm³/mol. The van der Waals surface area contributed by atoms with Gasteiger partial charge in [0.05, 0.1) is 0 Å². The molecule has 0 aromatic carbocycles. The van der Waals surface area contributed by atoms with Crippen molar-refractivity contribution in [3.8, 4) is 0 Å². The highest BCUT2D eigenvalue weighted by molar-refractivity contribution is 5.68. The Morgan fingerprint density at radius 3 is 3.09 bits per heavy atom. The second-order valence-electron chi connectivity index (χ2n) is 2.01. The summed E-state index contributed by atoms with van der Waals surface area (Å²) in [4.78, 5) is 8.22. The summed E-state index contributed by atoms with van der Waals surface area (Å²) >= 11 is 0. The zero-order chi connectivity index (χ0) is 8.10. The Morgan fingerprint density at radius 2 is 2.45 bits per heavy atom. The van der Waals surface area contributed by atoms with Crippen LogP contribution < -0.4 is 5.32 Å². The van der Waals surface area contributed by atoms with E-state index >= 15 is 0 Å². The molecule has 0 saturated carbocycles. The number of rotatable bonds is 2. The molecule has 0 fully saturated rings. The van der Waals surface area contributed by atoms with Gasteiger partial charge in [0, 0.05) is 19.5 Å². The zero-order valence-corrected chi connectivity index (χ0v) is 6.70. The quantitative estimate of drug-likeness (QED) is 0.651. The normalized spacial score (nSPS) is 10.4. The molecule has 11 heavy (non-hydrogen) atoms. The van der Waals surface area contributed by atoms with E-state index in [1.165, 1.54) is 0 Å². The van der Waals surface area contributed by atoms with Gasteiger partial charge in [-0.3, -0.25) is 4.99 Å². The van der Waals surface area contributed by atoms with E-state index in [-0.39, 0.29) is 0 Å². The van der Waals surface area contributed by atoms with Gasteiger partial charge in [-0.2, -0.15) is 0 Å². The molecule has 1 aromatic heterocycles. The number of aromatic nitrogens is 1. The Kier molecular flexibility index (Phi) is 2.60. The fourth-order valence-corrected chi connectivity index (χ4v) is 0.833. The van der Waals surface area contributed by atoms with Crippen LogP contribution >= 0.6 is 0 Å². The monoisotopic (exact) mass is 149 g/mol. The Hall–Kier alpha value is -1.38. The first-order valence-corrected chi connectivity index (χ1v) is 3.50. The SMILES string of the molecule is CC=Nc1cccnc1NC. The second-order valence-corrected chi connectivity index (χ2v) is 2.01. The summed E-state index contributed by atoms with van der Waals surface area (Å²) in [5.74, 6) is 0.811. The Balaban J connectivity index is 3.02. The topological polar surface area (TPSA) is 37.3 Å². The van der Waals surface area contributed by atoms with Gasteiger partial charge in [0.15, 0.2) is 5.82 Å². The Morgan fingerprint density at radius 1 is 1.64 bits per heavy atom. The average Bonchev–Trinajstić information content (AvgIpc) is 2.06. The zero-order valence-electron chi connectivity index (χ0n) is 6.70. The summed E-state index contributed by atoms with van der Waals surface area (Å²) in [5, 5.41) is 2.96. The number of hydrogen-bond donors (Lipinski definition) is 1. The summed E-state index contributed by atoms with van der Waals surface area (Å²) in [6, 6.07) is 3.78. The van der Waals surface area contributed by atoms with E-state index in [0.29, 0.717) is 0 Å². The molecule has 0 amide bonds. The van der Waals surface area contributed by atoms with Crippen molar-refractivity contribution in [2.24, 2.45) is 4.99 Å². The third-order valence-electron chi connectivity index (χ3n) is 1.29. The number of pyridine rings is 1. The van der Waals surface area contributed by atoms with E-state index in [1.807, 2.05) is 26.1 Å². The molecule has 0 aliphatic rings. The number of anilines is 1. The first-order valence-electron chi connectivity index (χ1n) is 3.50. The Labute approximate surface area is 66.2 Å². The maximum absolute atomic E-state index is 4.13. The first kappa shape index (κ1) is 7.72. The summed E-state index contributed by atoms with van der Waals surface area (Å²) in [6.07, 6.45) is 3.48. The number of nitrogens with zero attached hydrogens (tertiary/aromatic N) is 2. The van der Waals surface area contributed by atoms with Crippen LogP contribution in [0, 0.1) is 0 Å². The fourth-order valence-electron chi connectivity index (χ4n) is 0.833. The van der Waals surface area contributed by atoms with Crippen molar-refractivity contribution in [1.29, 1.82) is 0 Å². The molecule has 0 aliphatic carbocycles. The van der Waals surface area contributed by atoms with Crippen LogP contribution in [0.5, 0.6) is 0 Å². The summed E-state index contributed by atoms with van der Waals surface area (Å²) in [6.45, 7) is 1.88. The molecular weight excluding hydrogens is 138 g/mol. The lowest BCUT2D eigenvalue weighted by Crippen LogP contribution is -1.90. The Bertz CT molecular complexity index is 255. The van der Waals surface area contributed by atoms with E-state index in [1.54, 1.807) is 12.4 Å². The van der Waals surface area contributed by atoms with Crippen LogP contribution in [0.3, 0.4) is 0 Å². The molecule has 3 nitrogen and oxygen atoms in total. The minimum Gasteiger partial charge on any atom is -0.371 e. The van der Waals surface area contributed by atoms with Gasteiger partial charge in [0.2, 0.25) is 0 Å². The van der Waals surface area contributed by atoms with Gasteiger partial charge in [0.1, 0.15) is 5.69 Å². The van der Waals surface area contributed by atoms with Crippen molar-refractivity contribution >= 4 is 17.7 Å². The smallest absolute Gasteiger partial charge is 0.151 e. The van der Waals surface area contributed by atoms with Gasteiger partial charge in [0.25, 0.3) is 0 Å². The molecule has 1 heterocycles. The van der Waals surface area contributed by atoms with Crippen LogP contribution in [0.1, 0.15) is 6.92 Å². The van der Waals surface area contributed by atoms with Crippen molar-refractivity contribution < 1.29 is 0 Å². The van der Waals surface area contributed by atoms with E-state index in [2.05, 4.69) is 15.3 Å². The van der Waals surface area contributed by atoms with Crippen molar-refractivity contribution in [3.63, 3.8) is 0 Å². The lowest BCUT2D eigenvalue weighted by atomic mass is 10.4. The first-order chi connectivity index (χ1) is 5.38. The molecule has 1 aromatic rings. The third kappa shape index (κ3) is 1.77. The molecule has 0 unspecified atom stereocenters. The highest BCUT2D eigenvalue weighted by atomic mass is 15.0. The molecular formula is C8H11N3. The molecule has 3 heteroatoms. The van der Waals surface area contributed by atoms with Crippen LogP contribution in [0.4, 0.5) is 11.5 Å². The molecule has 0 saturated heterocycles. The highest BCUT2D eigenvalue weighted by Gasteiger charge is 1.95. The van der Waals surface area contributed by atoms with Crippen LogP contribution in [-0.4, -0.2) is 18.2 Å². The average molecular weight is 149 g/mol. The van der Waals surface area contributed by atoms with Gasteiger partial charge < -0.3 is 5.32 Å². The van der Waals surface area contributed by atoms with Gasteiger partial charge in [-0.05, 0) is 19.1 Å². The molecule has 0 bridgehead atoms. The second kappa shape index (κ2) is 3.71. The highest BCUT2D eigenvalue weighted by Crippen LogP contribution is 2.19. The van der Waals surface area contributed by atoms with Gasteiger partial charge in [-0.25, -0.2) is 4.98 Å². The van der Waals surface area contributed by atoms with Crippen LogP contribution in [0.2, 0.25) is 0 Å². The maximum Gasteiger partial charge on any atom is 0.151 e. The van der Waals surface area contributed by atoms with Crippen LogP contribution in [0.25, 0.3) is 0 Å². The molecule has 1 rings (SSSR count). The molecule has 58 valence electrons. The summed E-state index contributed by atoms with van der Waals surface area (Å²) < 4.78 is 0. The van der Waals surface area contributed by atoms with E-state index in [4.69, 9.17) is 0 Å². The minimum atomic E-state index is 0.811. The molecule has 0 radical (unpaired) electrons. The van der Waals surface area contributed by atoms with Crippen LogP contribution in [-0.2, 0) is 0 Å². The summed E-state index contributed by atoms with van der Waals surface area (Å²) in [5.41, 5.74) is 0.873. The van der Waals surface area contributed by atoms with E-state index < -0.39 is 0 Å².